The molecule has 0 aromatic heterocycles. The molecule has 0 aliphatic rings. The van der Waals surface area contributed by atoms with Gasteiger partial charge in [0.15, 0.2) is 5.54 Å². The van der Waals surface area contributed by atoms with Crippen molar-refractivity contribution in [1.29, 1.82) is 0 Å². The zero-order chi connectivity index (χ0) is 25.2. The molecule has 0 amide bonds. The number of quaternary nitrogens is 1. The summed E-state index contributed by atoms with van der Waals surface area (Å²) in [6, 6.07) is 33.2. The van der Waals surface area contributed by atoms with E-state index in [0.29, 0.717) is 0 Å². The summed E-state index contributed by atoms with van der Waals surface area (Å²) in [6.07, 6.45) is 19.7. The first-order valence-corrected chi connectivity index (χ1v) is 14.9. The van der Waals surface area contributed by atoms with Crippen molar-refractivity contribution in [3.05, 3.63) is 108 Å². The van der Waals surface area contributed by atoms with E-state index in [-0.39, 0.29) is 17.9 Å². The van der Waals surface area contributed by atoms with E-state index < -0.39 is 0 Å². The van der Waals surface area contributed by atoms with Crippen molar-refractivity contribution in [3.8, 4) is 0 Å². The molecule has 0 saturated heterocycles. The summed E-state index contributed by atoms with van der Waals surface area (Å²) in [5.74, 6) is 0. The molecule has 202 valence electrons. The van der Waals surface area contributed by atoms with Gasteiger partial charge in [0.2, 0.25) is 0 Å². The van der Waals surface area contributed by atoms with Crippen LogP contribution in [-0.4, -0.2) is 6.54 Å². The fourth-order valence-corrected chi connectivity index (χ4v) is 5.61. The number of rotatable bonds is 19. The molecule has 0 fully saturated rings. The van der Waals surface area contributed by atoms with Crippen LogP contribution in [0.2, 0.25) is 0 Å². The zero-order valence-electron chi connectivity index (χ0n) is 23.2. The van der Waals surface area contributed by atoms with Crippen LogP contribution in [0.4, 0.5) is 0 Å². The number of unbranched alkanes of at least 4 members (excludes halogenated alkanes) is 13. The van der Waals surface area contributed by atoms with Crippen LogP contribution < -0.4 is 17.7 Å². The van der Waals surface area contributed by atoms with E-state index in [0.717, 1.165) is 6.54 Å². The van der Waals surface area contributed by atoms with Crippen molar-refractivity contribution < 1.29 is 17.7 Å². The molecule has 1 nitrogen and oxygen atoms in total. The first kappa shape index (κ1) is 31.1. The van der Waals surface area contributed by atoms with Gasteiger partial charge < -0.3 is 17.7 Å². The molecule has 2 N–H and O–H groups in total. The fourth-order valence-electron chi connectivity index (χ4n) is 5.61. The van der Waals surface area contributed by atoms with Gasteiger partial charge in [0.05, 0.1) is 6.54 Å². The zero-order valence-corrected chi connectivity index (χ0v) is 24.0. The van der Waals surface area contributed by atoms with Gasteiger partial charge in [0.25, 0.3) is 0 Å². The number of nitrogens with two attached hydrogens (primary N) is 1. The Morgan fingerprint density at radius 2 is 0.730 bits per heavy atom. The van der Waals surface area contributed by atoms with Gasteiger partial charge in [0, 0.05) is 16.7 Å². The van der Waals surface area contributed by atoms with Gasteiger partial charge in [-0.2, -0.15) is 0 Å². The summed E-state index contributed by atoms with van der Waals surface area (Å²) < 4.78 is 0. The van der Waals surface area contributed by atoms with E-state index in [9.17, 15) is 0 Å². The molecule has 0 heterocycles. The van der Waals surface area contributed by atoms with Crippen LogP contribution >= 0.6 is 0 Å². The van der Waals surface area contributed by atoms with E-state index in [1.165, 1.54) is 107 Å². The summed E-state index contributed by atoms with van der Waals surface area (Å²) in [4.78, 5) is 0. The van der Waals surface area contributed by atoms with Crippen molar-refractivity contribution in [2.24, 2.45) is 0 Å². The molecule has 3 aromatic rings. The van der Waals surface area contributed by atoms with Crippen LogP contribution in [-0.2, 0) is 5.54 Å². The smallest absolute Gasteiger partial charge is 0.173 e. The molecular weight excluding hydrogens is 470 g/mol. The predicted octanol–water partition coefficient (Wildman–Crippen LogP) is 6.03. The Morgan fingerprint density at radius 1 is 0.432 bits per heavy atom. The lowest BCUT2D eigenvalue weighted by Gasteiger charge is -2.33. The van der Waals surface area contributed by atoms with E-state index in [1.807, 2.05) is 0 Å². The summed E-state index contributed by atoms with van der Waals surface area (Å²) in [6.45, 7) is 3.43. The standard InChI is InChI=1S/C35H49N.ClH/c1-2-3-4-5-6-7-8-9-10-11-12-13-14-24-31-36-35(32-25-18-15-19-26-32,33-27-20-16-21-28-33)34-29-22-17-23-30-34;/h15-23,25-30,36H,2-14,24,31H2,1H3;1H. The van der Waals surface area contributed by atoms with E-state index in [1.54, 1.807) is 0 Å². The van der Waals surface area contributed by atoms with Gasteiger partial charge >= 0.3 is 0 Å². The largest absolute Gasteiger partial charge is 1.00 e. The molecule has 0 aliphatic carbocycles. The summed E-state index contributed by atoms with van der Waals surface area (Å²) >= 11 is 0. The first-order valence-electron chi connectivity index (χ1n) is 14.9. The topological polar surface area (TPSA) is 16.6 Å². The van der Waals surface area contributed by atoms with Crippen LogP contribution in [0.25, 0.3) is 0 Å². The van der Waals surface area contributed by atoms with Crippen LogP contribution in [0, 0.1) is 0 Å². The maximum atomic E-state index is 2.59. The lowest BCUT2D eigenvalue weighted by molar-refractivity contribution is -0.716. The molecule has 0 radical (unpaired) electrons. The molecule has 37 heavy (non-hydrogen) atoms. The lowest BCUT2D eigenvalue weighted by Crippen LogP contribution is -3.00. The van der Waals surface area contributed by atoms with Crippen LogP contribution in [0.3, 0.4) is 0 Å². The lowest BCUT2D eigenvalue weighted by atomic mass is 9.77. The summed E-state index contributed by atoms with van der Waals surface area (Å²) in [7, 11) is 0. The number of hydrogen-bond acceptors (Lipinski definition) is 0. The van der Waals surface area contributed by atoms with Gasteiger partial charge in [-0.05, 0) is 12.8 Å². The average Bonchev–Trinajstić information content (AvgIpc) is 2.94. The highest BCUT2D eigenvalue weighted by Crippen LogP contribution is 2.33. The van der Waals surface area contributed by atoms with Crippen molar-refractivity contribution >= 4 is 0 Å². The Labute approximate surface area is 233 Å². The average molecular weight is 520 g/mol. The third-order valence-corrected chi connectivity index (χ3v) is 7.70. The molecule has 0 spiro atoms. The highest BCUT2D eigenvalue weighted by atomic mass is 35.5. The number of halogens is 1. The molecule has 0 bridgehead atoms. The maximum Gasteiger partial charge on any atom is 0.173 e. The second kappa shape index (κ2) is 19.0. The molecule has 3 aromatic carbocycles. The van der Waals surface area contributed by atoms with Gasteiger partial charge in [-0.15, -0.1) is 0 Å². The Hall–Kier alpha value is -2.09. The summed E-state index contributed by atoms with van der Waals surface area (Å²) in [5.41, 5.74) is 3.86. The minimum atomic E-state index is -0.208. The molecule has 0 unspecified atom stereocenters. The highest BCUT2D eigenvalue weighted by molar-refractivity contribution is 5.46. The second-order valence-electron chi connectivity index (χ2n) is 10.5. The third-order valence-electron chi connectivity index (χ3n) is 7.70. The predicted molar refractivity (Wildman–Crippen MR) is 156 cm³/mol. The highest BCUT2D eigenvalue weighted by Gasteiger charge is 2.39. The quantitative estimate of drug-likeness (QED) is 0.147. The van der Waals surface area contributed by atoms with Crippen molar-refractivity contribution in [1.82, 2.24) is 0 Å². The van der Waals surface area contributed by atoms with Crippen LogP contribution in [0.15, 0.2) is 91.0 Å². The molecule has 0 atom stereocenters. The molecule has 0 saturated carbocycles. The second-order valence-corrected chi connectivity index (χ2v) is 10.5. The minimum Gasteiger partial charge on any atom is -1.00 e. The van der Waals surface area contributed by atoms with Gasteiger partial charge in [0.1, 0.15) is 0 Å². The van der Waals surface area contributed by atoms with Crippen molar-refractivity contribution in [3.63, 3.8) is 0 Å². The van der Waals surface area contributed by atoms with Crippen molar-refractivity contribution in [2.75, 3.05) is 6.54 Å². The van der Waals surface area contributed by atoms with E-state index >= 15 is 0 Å². The minimum absolute atomic E-state index is 0. The fraction of sp³-hybridized carbons (Fsp3) is 0.486. The Bertz CT molecular complexity index is 813. The molecule has 2 heteroatoms. The molecule has 0 aliphatic heterocycles. The van der Waals surface area contributed by atoms with Gasteiger partial charge in [-0.3, -0.25) is 0 Å². The molecule has 3 rings (SSSR count). The normalized spacial score (nSPS) is 11.3. The number of hydrogen-bond donors (Lipinski definition) is 1. The third kappa shape index (κ3) is 10.3. The van der Waals surface area contributed by atoms with Gasteiger partial charge in [-0.1, -0.05) is 175 Å². The van der Waals surface area contributed by atoms with Crippen LogP contribution in [0.1, 0.15) is 114 Å². The number of benzene rings is 3. The van der Waals surface area contributed by atoms with Crippen LogP contribution in [0.5, 0.6) is 0 Å². The first-order chi connectivity index (χ1) is 17.9. The molecular formula is C35H50ClN. The Morgan fingerprint density at radius 3 is 1.05 bits per heavy atom. The Balaban J connectivity index is 0.00000481. The van der Waals surface area contributed by atoms with E-state index in [4.69, 9.17) is 0 Å². The maximum absolute atomic E-state index is 2.59. The van der Waals surface area contributed by atoms with Gasteiger partial charge in [-0.25, -0.2) is 0 Å². The summed E-state index contributed by atoms with van der Waals surface area (Å²) in [5, 5.41) is 2.59. The van der Waals surface area contributed by atoms with E-state index in [2.05, 4.69) is 103 Å². The van der Waals surface area contributed by atoms with Crippen molar-refractivity contribution in [2.45, 2.75) is 102 Å². The monoisotopic (exact) mass is 519 g/mol. The SMILES string of the molecule is CCCCCCCCCCCCCCCC[NH2+]C(c1ccccc1)(c1ccccc1)c1ccccc1.[Cl-]. The Kier molecular flexibility index (Phi) is 16.0.